The first-order valence-electron chi connectivity index (χ1n) is 5.20. The Labute approximate surface area is 88.2 Å². The predicted octanol–water partition coefficient (Wildman–Crippen LogP) is 1.69. The molecule has 0 bridgehead atoms. The number of carbonyl (C=O) groups excluding carboxylic acids is 1. The van der Waals surface area contributed by atoms with Crippen LogP contribution in [0.1, 0.15) is 49.2 Å². The van der Waals surface area contributed by atoms with Crippen molar-refractivity contribution in [2.24, 2.45) is 0 Å². The maximum absolute atomic E-state index is 11.8. The molecule has 1 atom stereocenters. The Morgan fingerprint density at radius 1 is 1.47 bits per heavy atom. The van der Waals surface area contributed by atoms with Gasteiger partial charge in [-0.25, -0.2) is 0 Å². The number of aromatic nitrogens is 1. The van der Waals surface area contributed by atoms with E-state index >= 15 is 0 Å². The second kappa shape index (κ2) is 3.56. The van der Waals surface area contributed by atoms with E-state index < -0.39 is 0 Å². The van der Waals surface area contributed by atoms with E-state index in [1.54, 1.807) is 0 Å². The Bertz CT molecular complexity index is 384. The molecule has 1 aliphatic rings. The van der Waals surface area contributed by atoms with E-state index in [4.69, 9.17) is 4.52 Å². The number of carbonyl (C=O) groups is 1. The van der Waals surface area contributed by atoms with Crippen molar-refractivity contribution >= 4 is 11.7 Å². The standard InChI is InChI=1S/C10H15N3O2/c1-4-6-11-9-7(10(14)12-6)8(5(2)3)15-13-9/h5-6H,4H2,1-3H3,(H,11,13)(H,12,14). The van der Waals surface area contributed by atoms with Crippen LogP contribution in [0.5, 0.6) is 0 Å². The molecule has 0 saturated carbocycles. The first-order valence-corrected chi connectivity index (χ1v) is 5.20. The first-order chi connectivity index (χ1) is 7.13. The lowest BCUT2D eigenvalue weighted by atomic mass is 10.0. The number of fused-ring (bicyclic) bond motifs is 1. The Balaban J connectivity index is 2.39. The van der Waals surface area contributed by atoms with Crippen LogP contribution < -0.4 is 10.6 Å². The maximum Gasteiger partial charge on any atom is 0.260 e. The van der Waals surface area contributed by atoms with Crippen LogP contribution in [0.25, 0.3) is 0 Å². The minimum absolute atomic E-state index is 0.0462. The highest BCUT2D eigenvalue weighted by Crippen LogP contribution is 2.28. The molecule has 15 heavy (non-hydrogen) atoms. The average Bonchev–Trinajstić information content (AvgIpc) is 2.61. The summed E-state index contributed by atoms with van der Waals surface area (Å²) < 4.78 is 5.17. The maximum atomic E-state index is 11.8. The molecule has 1 aromatic rings. The smallest absolute Gasteiger partial charge is 0.260 e. The lowest BCUT2D eigenvalue weighted by molar-refractivity contribution is 0.0933. The topological polar surface area (TPSA) is 67.2 Å². The molecule has 0 radical (unpaired) electrons. The monoisotopic (exact) mass is 209 g/mol. The fourth-order valence-electron chi connectivity index (χ4n) is 1.65. The van der Waals surface area contributed by atoms with Gasteiger partial charge >= 0.3 is 0 Å². The van der Waals surface area contributed by atoms with Crippen LogP contribution in [-0.4, -0.2) is 17.2 Å². The zero-order valence-electron chi connectivity index (χ0n) is 9.13. The highest BCUT2D eigenvalue weighted by Gasteiger charge is 2.30. The van der Waals surface area contributed by atoms with E-state index in [0.717, 1.165) is 6.42 Å². The summed E-state index contributed by atoms with van der Waals surface area (Å²) in [6.45, 7) is 5.94. The molecule has 5 nitrogen and oxygen atoms in total. The van der Waals surface area contributed by atoms with Crippen LogP contribution in [0.2, 0.25) is 0 Å². The second-order valence-electron chi connectivity index (χ2n) is 4.00. The molecule has 1 aliphatic heterocycles. The van der Waals surface area contributed by atoms with Crippen LogP contribution in [-0.2, 0) is 0 Å². The van der Waals surface area contributed by atoms with Gasteiger partial charge in [0.2, 0.25) is 0 Å². The van der Waals surface area contributed by atoms with Gasteiger partial charge in [-0.2, -0.15) is 0 Å². The third kappa shape index (κ3) is 1.58. The molecule has 1 amide bonds. The number of rotatable bonds is 2. The fourth-order valence-corrected chi connectivity index (χ4v) is 1.65. The predicted molar refractivity (Wildman–Crippen MR) is 55.8 cm³/mol. The summed E-state index contributed by atoms with van der Waals surface area (Å²) in [5.74, 6) is 1.27. The van der Waals surface area contributed by atoms with Gasteiger partial charge in [-0.15, -0.1) is 0 Å². The van der Waals surface area contributed by atoms with Crippen LogP contribution in [0, 0.1) is 0 Å². The van der Waals surface area contributed by atoms with Crippen molar-refractivity contribution in [2.75, 3.05) is 5.32 Å². The van der Waals surface area contributed by atoms with Gasteiger partial charge in [0.05, 0.1) is 0 Å². The number of nitrogens with zero attached hydrogens (tertiary/aromatic N) is 1. The van der Waals surface area contributed by atoms with Crippen LogP contribution in [0.15, 0.2) is 4.52 Å². The zero-order chi connectivity index (χ0) is 11.0. The summed E-state index contributed by atoms with van der Waals surface area (Å²) in [5.41, 5.74) is 0.551. The van der Waals surface area contributed by atoms with Crippen molar-refractivity contribution in [1.29, 1.82) is 0 Å². The van der Waals surface area contributed by atoms with Crippen molar-refractivity contribution in [2.45, 2.75) is 39.3 Å². The minimum Gasteiger partial charge on any atom is -0.358 e. The highest BCUT2D eigenvalue weighted by atomic mass is 16.5. The van der Waals surface area contributed by atoms with Crippen LogP contribution >= 0.6 is 0 Å². The van der Waals surface area contributed by atoms with Gasteiger partial charge in [0.25, 0.3) is 5.91 Å². The molecular weight excluding hydrogens is 194 g/mol. The van der Waals surface area contributed by atoms with Gasteiger partial charge in [-0.1, -0.05) is 25.9 Å². The molecule has 1 unspecified atom stereocenters. The van der Waals surface area contributed by atoms with Gasteiger partial charge in [-0.3, -0.25) is 4.79 Å². The molecule has 0 fully saturated rings. The molecule has 0 aliphatic carbocycles. The molecule has 0 spiro atoms. The van der Waals surface area contributed by atoms with Crippen LogP contribution in [0.4, 0.5) is 5.82 Å². The van der Waals surface area contributed by atoms with E-state index in [1.165, 1.54) is 0 Å². The summed E-state index contributed by atoms with van der Waals surface area (Å²) in [6.07, 6.45) is 0.768. The van der Waals surface area contributed by atoms with E-state index in [9.17, 15) is 4.79 Å². The largest absolute Gasteiger partial charge is 0.358 e. The number of anilines is 1. The van der Waals surface area contributed by atoms with Gasteiger partial charge in [-0.05, 0) is 6.42 Å². The van der Waals surface area contributed by atoms with E-state index in [0.29, 0.717) is 17.1 Å². The zero-order valence-corrected chi connectivity index (χ0v) is 9.13. The van der Waals surface area contributed by atoms with Crippen molar-refractivity contribution in [3.8, 4) is 0 Å². The normalized spacial score (nSPS) is 19.7. The van der Waals surface area contributed by atoms with E-state index in [2.05, 4.69) is 15.8 Å². The SMILES string of the molecule is CCC1NC(=O)c2c(noc2C(C)C)N1. The average molecular weight is 209 g/mol. The molecule has 0 saturated heterocycles. The Morgan fingerprint density at radius 2 is 2.20 bits per heavy atom. The third-order valence-corrected chi connectivity index (χ3v) is 2.49. The lowest BCUT2D eigenvalue weighted by Gasteiger charge is -2.23. The Hall–Kier alpha value is -1.52. The van der Waals surface area contributed by atoms with Gasteiger partial charge < -0.3 is 15.2 Å². The van der Waals surface area contributed by atoms with Gasteiger partial charge in [0, 0.05) is 5.92 Å². The van der Waals surface area contributed by atoms with Crippen molar-refractivity contribution < 1.29 is 9.32 Å². The summed E-state index contributed by atoms with van der Waals surface area (Å²) >= 11 is 0. The lowest BCUT2D eigenvalue weighted by Crippen LogP contribution is -2.44. The molecule has 1 aromatic heterocycles. The molecule has 2 N–H and O–H groups in total. The summed E-state index contributed by atoms with van der Waals surface area (Å²) in [6, 6.07) is 0. The van der Waals surface area contributed by atoms with E-state index in [-0.39, 0.29) is 18.0 Å². The summed E-state index contributed by atoms with van der Waals surface area (Å²) in [4.78, 5) is 11.8. The number of nitrogens with one attached hydrogen (secondary N) is 2. The van der Waals surface area contributed by atoms with Gasteiger partial charge in [0.1, 0.15) is 11.7 Å². The fraction of sp³-hybridized carbons (Fsp3) is 0.600. The van der Waals surface area contributed by atoms with Gasteiger partial charge in [0.15, 0.2) is 11.6 Å². The van der Waals surface area contributed by atoms with Crippen LogP contribution in [0.3, 0.4) is 0 Å². The molecule has 0 aromatic carbocycles. The molecular formula is C10H15N3O2. The third-order valence-electron chi connectivity index (χ3n) is 2.49. The Kier molecular flexibility index (Phi) is 2.38. The first kappa shape index (κ1) is 10.0. The minimum atomic E-state index is -0.0967. The number of hydrogen-bond acceptors (Lipinski definition) is 4. The Morgan fingerprint density at radius 3 is 2.80 bits per heavy atom. The summed E-state index contributed by atoms with van der Waals surface area (Å²) in [7, 11) is 0. The number of hydrogen-bond donors (Lipinski definition) is 2. The molecule has 5 heteroatoms. The molecule has 82 valence electrons. The molecule has 2 heterocycles. The number of amides is 1. The van der Waals surface area contributed by atoms with Crippen molar-refractivity contribution in [1.82, 2.24) is 10.5 Å². The van der Waals surface area contributed by atoms with Crippen molar-refractivity contribution in [3.05, 3.63) is 11.3 Å². The highest BCUT2D eigenvalue weighted by molar-refractivity contribution is 6.01. The van der Waals surface area contributed by atoms with Crippen molar-refractivity contribution in [3.63, 3.8) is 0 Å². The summed E-state index contributed by atoms with van der Waals surface area (Å²) in [5, 5.41) is 9.85. The van der Waals surface area contributed by atoms with E-state index in [1.807, 2.05) is 20.8 Å². The molecule has 2 rings (SSSR count). The second-order valence-corrected chi connectivity index (χ2v) is 4.00. The quantitative estimate of drug-likeness (QED) is 0.777.